The minimum Gasteiger partial charge on any atom is -0.352 e. The van der Waals surface area contributed by atoms with Crippen molar-refractivity contribution >= 4 is 39.1 Å². The SMILES string of the molecule is O=C(CSc1ncc(-c2ccccc2)n1-c1cccc(Cl)c1)NC1CCS(=O)(=O)C1. The van der Waals surface area contributed by atoms with Crippen molar-refractivity contribution in [3.8, 4) is 16.9 Å². The summed E-state index contributed by atoms with van der Waals surface area (Å²) in [5.41, 5.74) is 2.74. The zero-order chi connectivity index (χ0) is 21.1. The summed E-state index contributed by atoms with van der Waals surface area (Å²) in [6.07, 6.45) is 2.24. The first-order valence-electron chi connectivity index (χ1n) is 9.43. The summed E-state index contributed by atoms with van der Waals surface area (Å²) in [5, 5.41) is 4.08. The van der Waals surface area contributed by atoms with E-state index in [1.807, 2.05) is 53.1 Å². The van der Waals surface area contributed by atoms with Crippen LogP contribution in [0.25, 0.3) is 16.9 Å². The van der Waals surface area contributed by atoms with Gasteiger partial charge >= 0.3 is 0 Å². The number of hydrogen-bond acceptors (Lipinski definition) is 5. The molecule has 6 nitrogen and oxygen atoms in total. The van der Waals surface area contributed by atoms with Gasteiger partial charge in [-0.15, -0.1) is 0 Å². The van der Waals surface area contributed by atoms with Gasteiger partial charge in [-0.3, -0.25) is 9.36 Å². The number of amides is 1. The summed E-state index contributed by atoms with van der Waals surface area (Å²) >= 11 is 7.51. The molecule has 0 bridgehead atoms. The van der Waals surface area contributed by atoms with E-state index in [2.05, 4.69) is 10.3 Å². The van der Waals surface area contributed by atoms with Crippen LogP contribution in [0.2, 0.25) is 5.02 Å². The first-order valence-corrected chi connectivity index (χ1v) is 12.6. The predicted molar refractivity (Wildman–Crippen MR) is 120 cm³/mol. The lowest BCUT2D eigenvalue weighted by molar-refractivity contribution is -0.119. The fourth-order valence-electron chi connectivity index (χ4n) is 3.42. The van der Waals surface area contributed by atoms with Gasteiger partial charge in [0, 0.05) is 22.3 Å². The highest BCUT2D eigenvalue weighted by Crippen LogP contribution is 2.30. The Balaban J connectivity index is 1.56. The van der Waals surface area contributed by atoms with Crippen LogP contribution in [-0.4, -0.2) is 47.2 Å². The predicted octanol–water partition coefficient (Wildman–Crippen LogP) is 3.59. The van der Waals surface area contributed by atoms with E-state index in [0.29, 0.717) is 16.6 Å². The maximum atomic E-state index is 12.4. The van der Waals surface area contributed by atoms with Gasteiger partial charge in [0.25, 0.3) is 0 Å². The van der Waals surface area contributed by atoms with Crippen LogP contribution in [-0.2, 0) is 14.6 Å². The molecule has 1 aromatic heterocycles. The third kappa shape index (κ3) is 4.88. The largest absolute Gasteiger partial charge is 0.352 e. The van der Waals surface area contributed by atoms with Gasteiger partial charge in [0.2, 0.25) is 5.91 Å². The van der Waals surface area contributed by atoms with Crippen molar-refractivity contribution in [1.82, 2.24) is 14.9 Å². The number of nitrogens with zero attached hydrogens (tertiary/aromatic N) is 2. The molecule has 1 fully saturated rings. The lowest BCUT2D eigenvalue weighted by Crippen LogP contribution is -2.36. The van der Waals surface area contributed by atoms with E-state index in [-0.39, 0.29) is 29.2 Å². The van der Waals surface area contributed by atoms with Crippen LogP contribution in [0, 0.1) is 0 Å². The van der Waals surface area contributed by atoms with Gasteiger partial charge in [0.1, 0.15) is 0 Å². The van der Waals surface area contributed by atoms with Crippen LogP contribution >= 0.6 is 23.4 Å². The molecular formula is C21H20ClN3O3S2. The van der Waals surface area contributed by atoms with Gasteiger partial charge in [-0.2, -0.15) is 0 Å². The molecule has 2 heterocycles. The van der Waals surface area contributed by atoms with Crippen molar-refractivity contribution in [2.75, 3.05) is 17.3 Å². The third-order valence-corrected chi connectivity index (χ3v) is 7.75. The van der Waals surface area contributed by atoms with Gasteiger partial charge in [-0.25, -0.2) is 13.4 Å². The molecule has 1 amide bonds. The number of hydrogen-bond donors (Lipinski definition) is 1. The summed E-state index contributed by atoms with van der Waals surface area (Å²) in [4.78, 5) is 16.9. The first kappa shape index (κ1) is 21.0. The minimum atomic E-state index is -3.03. The van der Waals surface area contributed by atoms with Gasteiger partial charge in [-0.1, -0.05) is 59.8 Å². The molecule has 4 rings (SSSR count). The molecule has 1 unspecified atom stereocenters. The summed E-state index contributed by atoms with van der Waals surface area (Å²) < 4.78 is 25.1. The Bertz CT molecular complexity index is 1160. The van der Waals surface area contributed by atoms with Crippen LogP contribution in [0.15, 0.2) is 66.0 Å². The number of rotatable bonds is 6. The smallest absolute Gasteiger partial charge is 0.230 e. The first-order chi connectivity index (χ1) is 14.4. The van der Waals surface area contributed by atoms with E-state index in [0.717, 1.165) is 16.9 Å². The number of carbonyl (C=O) groups is 1. The van der Waals surface area contributed by atoms with E-state index in [1.54, 1.807) is 12.3 Å². The Morgan fingerprint density at radius 2 is 2.00 bits per heavy atom. The minimum absolute atomic E-state index is 0.0126. The van der Waals surface area contributed by atoms with Gasteiger partial charge in [0.15, 0.2) is 15.0 Å². The van der Waals surface area contributed by atoms with Crippen LogP contribution < -0.4 is 5.32 Å². The molecule has 1 saturated heterocycles. The van der Waals surface area contributed by atoms with Crippen LogP contribution in [0.4, 0.5) is 0 Å². The van der Waals surface area contributed by atoms with Crippen molar-refractivity contribution in [3.63, 3.8) is 0 Å². The van der Waals surface area contributed by atoms with E-state index >= 15 is 0 Å². The second-order valence-corrected chi connectivity index (χ2v) is 10.7. The topological polar surface area (TPSA) is 81.1 Å². The zero-order valence-corrected chi connectivity index (χ0v) is 18.4. The quantitative estimate of drug-likeness (QED) is 0.567. The molecule has 0 aliphatic carbocycles. The molecule has 3 aromatic rings. The number of sulfone groups is 1. The van der Waals surface area contributed by atoms with E-state index in [4.69, 9.17) is 11.6 Å². The lowest BCUT2D eigenvalue weighted by Gasteiger charge is -2.13. The standard InChI is InChI=1S/C21H20ClN3O3S2/c22-16-7-4-8-18(11-16)25-19(15-5-2-1-3-6-15)12-23-21(25)29-13-20(26)24-17-9-10-30(27,28)14-17/h1-8,11-12,17H,9-10,13-14H2,(H,24,26). The van der Waals surface area contributed by atoms with Gasteiger partial charge in [0.05, 0.1) is 29.1 Å². The molecule has 1 aliphatic heterocycles. The monoisotopic (exact) mass is 461 g/mol. The summed E-state index contributed by atoms with van der Waals surface area (Å²) in [6.45, 7) is 0. The van der Waals surface area contributed by atoms with E-state index in [1.165, 1.54) is 11.8 Å². The fraction of sp³-hybridized carbons (Fsp3) is 0.238. The molecule has 156 valence electrons. The second kappa shape index (κ2) is 8.83. The molecule has 1 atom stereocenters. The lowest BCUT2D eigenvalue weighted by atomic mass is 10.1. The zero-order valence-electron chi connectivity index (χ0n) is 16.0. The Hall–Kier alpha value is -2.29. The molecule has 1 N–H and O–H groups in total. The Labute approximate surface area is 184 Å². The highest BCUT2D eigenvalue weighted by atomic mass is 35.5. The average molecular weight is 462 g/mol. The van der Waals surface area contributed by atoms with Crippen molar-refractivity contribution in [2.24, 2.45) is 0 Å². The van der Waals surface area contributed by atoms with Crippen LogP contribution in [0.1, 0.15) is 6.42 Å². The van der Waals surface area contributed by atoms with Crippen molar-refractivity contribution < 1.29 is 13.2 Å². The molecule has 2 aromatic carbocycles. The number of thioether (sulfide) groups is 1. The number of halogens is 1. The Kier molecular flexibility index (Phi) is 6.17. The van der Waals surface area contributed by atoms with Crippen LogP contribution in [0.3, 0.4) is 0 Å². The maximum absolute atomic E-state index is 12.4. The summed E-state index contributed by atoms with van der Waals surface area (Å²) in [5.74, 6) is 0.0789. The molecule has 30 heavy (non-hydrogen) atoms. The highest BCUT2D eigenvalue weighted by Gasteiger charge is 2.29. The van der Waals surface area contributed by atoms with Crippen molar-refractivity contribution in [3.05, 3.63) is 65.8 Å². The molecule has 0 spiro atoms. The summed E-state index contributed by atoms with van der Waals surface area (Å²) in [7, 11) is -3.03. The van der Waals surface area contributed by atoms with Crippen molar-refractivity contribution in [1.29, 1.82) is 0 Å². The molecule has 0 radical (unpaired) electrons. The number of imidazole rings is 1. The fourth-order valence-corrected chi connectivity index (χ4v) is 6.08. The maximum Gasteiger partial charge on any atom is 0.230 e. The number of aromatic nitrogens is 2. The van der Waals surface area contributed by atoms with Crippen molar-refractivity contribution in [2.45, 2.75) is 17.6 Å². The van der Waals surface area contributed by atoms with E-state index < -0.39 is 9.84 Å². The molecule has 0 saturated carbocycles. The summed E-state index contributed by atoms with van der Waals surface area (Å²) in [6, 6.07) is 17.0. The van der Waals surface area contributed by atoms with E-state index in [9.17, 15) is 13.2 Å². The molecule has 9 heteroatoms. The van der Waals surface area contributed by atoms with Gasteiger partial charge in [-0.05, 0) is 24.6 Å². The normalized spacial score (nSPS) is 17.7. The Morgan fingerprint density at radius 3 is 2.70 bits per heavy atom. The molecular weight excluding hydrogens is 442 g/mol. The number of carbonyl (C=O) groups excluding carboxylic acids is 1. The average Bonchev–Trinajstić information content (AvgIpc) is 3.29. The molecule has 1 aliphatic rings. The second-order valence-electron chi connectivity index (χ2n) is 7.06. The number of nitrogens with one attached hydrogen (secondary N) is 1. The van der Waals surface area contributed by atoms with Gasteiger partial charge < -0.3 is 5.32 Å². The number of benzene rings is 2. The highest BCUT2D eigenvalue weighted by molar-refractivity contribution is 7.99. The third-order valence-electron chi connectivity index (χ3n) is 4.80. The Morgan fingerprint density at radius 1 is 1.20 bits per heavy atom. The van der Waals surface area contributed by atoms with Crippen LogP contribution in [0.5, 0.6) is 0 Å².